The molecule has 0 aliphatic carbocycles. The smallest absolute Gasteiger partial charge is 0.160 e. The first-order valence-corrected chi connectivity index (χ1v) is 7.95. The largest absolute Gasteiger partial charge is 0.309 e. The second kappa shape index (κ2) is 5.10. The normalized spacial score (nSPS) is 17.4. The van der Waals surface area contributed by atoms with E-state index in [1.54, 1.807) is 0 Å². The number of nitrogens with zero attached hydrogens (tertiary/aromatic N) is 3. The SMILES string of the molecule is Cc1cnc2c(c1)nc(CCl)n2C1CCSCC1. The van der Waals surface area contributed by atoms with E-state index in [-0.39, 0.29) is 0 Å². The molecule has 2 aromatic heterocycles. The Morgan fingerprint density at radius 2 is 2.22 bits per heavy atom. The van der Waals surface area contributed by atoms with Gasteiger partial charge in [-0.3, -0.25) is 0 Å². The van der Waals surface area contributed by atoms with Crippen LogP contribution in [0.25, 0.3) is 11.2 Å². The van der Waals surface area contributed by atoms with E-state index in [0.29, 0.717) is 11.9 Å². The fourth-order valence-electron chi connectivity index (χ4n) is 2.55. The van der Waals surface area contributed by atoms with E-state index >= 15 is 0 Å². The Morgan fingerprint density at radius 3 is 2.94 bits per heavy atom. The Balaban J connectivity index is 2.12. The predicted octanol–water partition coefficient (Wildman–Crippen LogP) is 3.55. The molecule has 96 valence electrons. The Kier molecular flexibility index (Phi) is 3.48. The molecule has 1 aliphatic rings. The minimum atomic E-state index is 0.457. The van der Waals surface area contributed by atoms with E-state index in [1.165, 1.54) is 24.3 Å². The van der Waals surface area contributed by atoms with E-state index < -0.39 is 0 Å². The number of hydrogen-bond acceptors (Lipinski definition) is 3. The van der Waals surface area contributed by atoms with E-state index in [2.05, 4.69) is 20.6 Å². The first-order valence-electron chi connectivity index (χ1n) is 6.27. The zero-order valence-corrected chi connectivity index (χ0v) is 12.0. The van der Waals surface area contributed by atoms with Gasteiger partial charge in [-0.15, -0.1) is 11.6 Å². The summed E-state index contributed by atoms with van der Waals surface area (Å²) in [5, 5.41) is 0. The third-order valence-corrected chi connectivity index (χ3v) is 4.70. The average Bonchev–Trinajstić information content (AvgIpc) is 2.77. The van der Waals surface area contributed by atoms with Crippen LogP contribution in [0.3, 0.4) is 0 Å². The molecule has 1 aliphatic heterocycles. The van der Waals surface area contributed by atoms with Crippen molar-refractivity contribution in [3.63, 3.8) is 0 Å². The second-order valence-corrected chi connectivity index (χ2v) is 6.22. The molecule has 0 amide bonds. The number of halogens is 1. The van der Waals surface area contributed by atoms with Crippen LogP contribution in [0.15, 0.2) is 12.3 Å². The molecule has 0 spiro atoms. The minimum absolute atomic E-state index is 0.457. The maximum Gasteiger partial charge on any atom is 0.160 e. The minimum Gasteiger partial charge on any atom is -0.309 e. The van der Waals surface area contributed by atoms with Crippen LogP contribution in [0.1, 0.15) is 30.3 Å². The van der Waals surface area contributed by atoms with Gasteiger partial charge in [0.1, 0.15) is 11.3 Å². The lowest BCUT2D eigenvalue weighted by atomic mass is 10.1. The quantitative estimate of drug-likeness (QED) is 0.789. The second-order valence-electron chi connectivity index (χ2n) is 4.73. The van der Waals surface area contributed by atoms with Gasteiger partial charge in [0.05, 0.1) is 5.88 Å². The van der Waals surface area contributed by atoms with Crippen LogP contribution in [-0.4, -0.2) is 26.0 Å². The summed E-state index contributed by atoms with van der Waals surface area (Å²) in [6.45, 7) is 2.04. The van der Waals surface area contributed by atoms with Gasteiger partial charge in [0.25, 0.3) is 0 Å². The number of aromatic nitrogens is 3. The first kappa shape index (κ1) is 12.3. The highest BCUT2D eigenvalue weighted by molar-refractivity contribution is 7.99. The molecule has 0 bridgehead atoms. The van der Waals surface area contributed by atoms with Gasteiger partial charge in [-0.1, -0.05) is 0 Å². The van der Waals surface area contributed by atoms with Crippen molar-refractivity contribution >= 4 is 34.5 Å². The van der Waals surface area contributed by atoms with E-state index in [9.17, 15) is 0 Å². The molecule has 18 heavy (non-hydrogen) atoms. The monoisotopic (exact) mass is 281 g/mol. The van der Waals surface area contributed by atoms with Gasteiger partial charge in [0.2, 0.25) is 0 Å². The maximum atomic E-state index is 6.05. The van der Waals surface area contributed by atoms with E-state index in [4.69, 9.17) is 11.6 Å². The maximum absolute atomic E-state index is 6.05. The number of aryl methyl sites for hydroxylation is 1. The lowest BCUT2D eigenvalue weighted by molar-refractivity contribution is 0.467. The predicted molar refractivity (Wildman–Crippen MR) is 77.4 cm³/mol. The molecule has 0 unspecified atom stereocenters. The van der Waals surface area contributed by atoms with Gasteiger partial charge in [-0.05, 0) is 42.9 Å². The van der Waals surface area contributed by atoms with Crippen LogP contribution in [-0.2, 0) is 5.88 Å². The van der Waals surface area contributed by atoms with Gasteiger partial charge in [-0.2, -0.15) is 11.8 Å². The number of fused-ring (bicyclic) bond motifs is 1. The van der Waals surface area contributed by atoms with Crippen molar-refractivity contribution in [2.45, 2.75) is 31.7 Å². The van der Waals surface area contributed by atoms with Crippen LogP contribution in [0.2, 0.25) is 0 Å². The Hall–Kier alpha value is -0.740. The zero-order valence-electron chi connectivity index (χ0n) is 10.4. The number of imidazole rings is 1. The summed E-state index contributed by atoms with van der Waals surface area (Å²) in [6, 6.07) is 2.60. The van der Waals surface area contributed by atoms with Crippen LogP contribution in [0, 0.1) is 6.92 Å². The van der Waals surface area contributed by atoms with Gasteiger partial charge in [0.15, 0.2) is 5.65 Å². The first-order chi connectivity index (χ1) is 8.79. The highest BCUT2D eigenvalue weighted by Crippen LogP contribution is 2.31. The highest BCUT2D eigenvalue weighted by atomic mass is 35.5. The summed E-state index contributed by atoms with van der Waals surface area (Å²) in [5.41, 5.74) is 3.12. The van der Waals surface area contributed by atoms with Gasteiger partial charge in [-0.25, -0.2) is 9.97 Å². The van der Waals surface area contributed by atoms with Crippen molar-refractivity contribution in [3.8, 4) is 0 Å². The van der Waals surface area contributed by atoms with Crippen molar-refractivity contribution in [1.29, 1.82) is 0 Å². The molecule has 0 aromatic carbocycles. The summed E-state index contributed by atoms with van der Waals surface area (Å²) in [6.07, 6.45) is 4.29. The summed E-state index contributed by atoms with van der Waals surface area (Å²) in [5.74, 6) is 3.86. The molecule has 1 saturated heterocycles. The Labute approximate surface area is 116 Å². The van der Waals surface area contributed by atoms with Crippen LogP contribution in [0.4, 0.5) is 0 Å². The molecular weight excluding hydrogens is 266 g/mol. The fraction of sp³-hybridized carbons (Fsp3) is 0.538. The van der Waals surface area contributed by atoms with E-state index in [0.717, 1.165) is 22.6 Å². The molecule has 3 rings (SSSR count). The average molecular weight is 282 g/mol. The topological polar surface area (TPSA) is 30.7 Å². The molecule has 3 heterocycles. The van der Waals surface area contributed by atoms with E-state index in [1.807, 2.05) is 24.9 Å². The number of alkyl halides is 1. The third-order valence-electron chi connectivity index (χ3n) is 3.42. The van der Waals surface area contributed by atoms with Crippen molar-refractivity contribution in [2.75, 3.05) is 11.5 Å². The van der Waals surface area contributed by atoms with Crippen LogP contribution < -0.4 is 0 Å². The fourth-order valence-corrected chi connectivity index (χ4v) is 3.82. The summed E-state index contributed by atoms with van der Waals surface area (Å²) in [7, 11) is 0. The summed E-state index contributed by atoms with van der Waals surface area (Å²) >= 11 is 8.08. The molecular formula is C13H16ClN3S. The number of hydrogen-bond donors (Lipinski definition) is 0. The Morgan fingerprint density at radius 1 is 1.44 bits per heavy atom. The molecule has 0 N–H and O–H groups in total. The Bertz CT molecular complexity index is 561. The standard InChI is InChI=1S/C13H16ClN3S/c1-9-6-11-13(15-8-9)17(12(7-14)16-11)10-2-4-18-5-3-10/h6,8,10H,2-5,7H2,1H3. The summed E-state index contributed by atoms with van der Waals surface area (Å²) in [4.78, 5) is 9.19. The molecule has 5 heteroatoms. The van der Waals surface area contributed by atoms with Crippen LogP contribution in [0.5, 0.6) is 0 Å². The number of pyridine rings is 1. The van der Waals surface area contributed by atoms with Crippen molar-refractivity contribution in [1.82, 2.24) is 14.5 Å². The molecule has 3 nitrogen and oxygen atoms in total. The van der Waals surface area contributed by atoms with Gasteiger partial charge >= 0.3 is 0 Å². The third kappa shape index (κ3) is 2.12. The lowest BCUT2D eigenvalue weighted by Crippen LogP contribution is -2.17. The molecule has 1 fully saturated rings. The van der Waals surface area contributed by atoms with Gasteiger partial charge in [0, 0.05) is 12.2 Å². The van der Waals surface area contributed by atoms with Crippen LogP contribution >= 0.6 is 23.4 Å². The number of thioether (sulfide) groups is 1. The zero-order chi connectivity index (χ0) is 12.5. The summed E-state index contributed by atoms with van der Waals surface area (Å²) < 4.78 is 2.27. The van der Waals surface area contributed by atoms with Gasteiger partial charge < -0.3 is 4.57 Å². The van der Waals surface area contributed by atoms with Crippen molar-refractivity contribution in [2.24, 2.45) is 0 Å². The molecule has 0 saturated carbocycles. The molecule has 0 atom stereocenters. The molecule has 2 aromatic rings. The van der Waals surface area contributed by atoms with Crippen molar-refractivity contribution < 1.29 is 0 Å². The number of rotatable bonds is 2. The van der Waals surface area contributed by atoms with Crippen molar-refractivity contribution in [3.05, 3.63) is 23.7 Å². The highest BCUT2D eigenvalue weighted by Gasteiger charge is 2.21. The lowest BCUT2D eigenvalue weighted by Gasteiger charge is -2.24. The molecule has 0 radical (unpaired) electrons.